The number of nitrogen functional groups attached to an aromatic ring is 1. The highest BCUT2D eigenvalue weighted by molar-refractivity contribution is 7.60. The van der Waals surface area contributed by atoms with Crippen LogP contribution in [0.2, 0.25) is 0 Å². The van der Waals surface area contributed by atoms with E-state index in [1.807, 2.05) is 0 Å². The summed E-state index contributed by atoms with van der Waals surface area (Å²) in [5, 5.41) is 13.1. The maximum Gasteiger partial charge on any atom is 0.481 e. The molecule has 18 nitrogen and oxygen atoms in total. The number of carbonyl (C=O) groups excluding carboxylic acids is 1. The van der Waals surface area contributed by atoms with Crippen molar-refractivity contribution < 1.29 is 52.0 Å². The SMILES string of the molecule is NCCNC(=O)OC1C(COP(=O)(O)OP(=O)(O)O)OC(n2cnc3c(N)ncnc32)C1O. The highest BCUT2D eigenvalue weighted by Crippen LogP contribution is 2.57. The van der Waals surface area contributed by atoms with Gasteiger partial charge in [0.15, 0.2) is 23.8 Å². The summed E-state index contributed by atoms with van der Waals surface area (Å²) in [6, 6.07) is 0. The van der Waals surface area contributed by atoms with Crippen molar-refractivity contribution in [3.8, 4) is 0 Å². The average molecular weight is 513 g/mol. The highest BCUT2D eigenvalue weighted by atomic mass is 31.3. The molecular weight excluding hydrogens is 492 g/mol. The number of nitrogens with one attached hydrogen (secondary N) is 1. The van der Waals surface area contributed by atoms with Crippen LogP contribution in [0.3, 0.4) is 0 Å². The summed E-state index contributed by atoms with van der Waals surface area (Å²) in [5.74, 6) is 0.0517. The molecule has 2 aromatic heterocycles. The van der Waals surface area contributed by atoms with Crippen molar-refractivity contribution >= 4 is 38.7 Å². The first-order chi connectivity index (χ1) is 15.4. The van der Waals surface area contributed by atoms with Gasteiger partial charge >= 0.3 is 21.7 Å². The first-order valence-corrected chi connectivity index (χ1v) is 12.1. The quantitative estimate of drug-likeness (QED) is 0.178. The molecule has 5 atom stereocenters. The summed E-state index contributed by atoms with van der Waals surface area (Å²) in [7, 11) is -10.6. The summed E-state index contributed by atoms with van der Waals surface area (Å²) >= 11 is 0. The van der Waals surface area contributed by atoms with Crippen molar-refractivity contribution in [2.45, 2.75) is 24.5 Å². The standard InChI is InChI=1S/C13H21N7O11P2/c14-1-2-16-13(22)30-9-6(3-28-33(26,27)31-32(23,24)25)29-12(8(9)21)20-5-19-7-10(15)17-4-18-11(7)20/h4-6,8-9,12,21H,1-3,14H2,(H,16,22)(H,26,27)(H2,15,17,18)(H2,23,24,25). The molecule has 20 heteroatoms. The summed E-state index contributed by atoms with van der Waals surface area (Å²) in [6.45, 7) is -0.721. The van der Waals surface area contributed by atoms with Gasteiger partial charge in [0.2, 0.25) is 0 Å². The minimum absolute atomic E-state index is 0.0517. The number of anilines is 1. The number of fused-ring (bicyclic) bond motifs is 1. The van der Waals surface area contributed by atoms with Crippen molar-refractivity contribution in [2.24, 2.45) is 5.73 Å². The third-order valence-corrected chi connectivity index (χ3v) is 6.39. The lowest BCUT2D eigenvalue weighted by Gasteiger charge is -2.21. The van der Waals surface area contributed by atoms with Crippen molar-refractivity contribution in [3.05, 3.63) is 12.7 Å². The van der Waals surface area contributed by atoms with Crippen LogP contribution in [0.15, 0.2) is 12.7 Å². The first kappa shape index (κ1) is 25.4. The van der Waals surface area contributed by atoms with Gasteiger partial charge in [-0.05, 0) is 0 Å². The van der Waals surface area contributed by atoms with Crippen LogP contribution in [0, 0.1) is 0 Å². The number of hydrogen-bond donors (Lipinski definition) is 7. The molecule has 0 aromatic carbocycles. The Kier molecular flexibility index (Phi) is 7.65. The number of imidazole rings is 1. The molecule has 1 saturated heterocycles. The number of amides is 1. The smallest absolute Gasteiger partial charge is 0.440 e. The fourth-order valence-electron chi connectivity index (χ4n) is 2.95. The van der Waals surface area contributed by atoms with Crippen LogP contribution in [0.1, 0.15) is 6.23 Å². The van der Waals surface area contributed by atoms with E-state index < -0.39 is 52.9 Å². The lowest BCUT2D eigenvalue weighted by atomic mass is 10.1. The van der Waals surface area contributed by atoms with Crippen molar-refractivity contribution in [1.29, 1.82) is 0 Å². The van der Waals surface area contributed by atoms with Gasteiger partial charge in [0.1, 0.15) is 24.1 Å². The summed E-state index contributed by atoms with van der Waals surface area (Å²) in [5.41, 5.74) is 11.4. The molecule has 1 aliphatic rings. The number of ether oxygens (including phenoxy) is 2. The molecule has 2 aromatic rings. The number of phosphoric acid groups is 2. The number of phosphoric ester groups is 1. The molecule has 0 radical (unpaired) electrons. The average Bonchev–Trinajstić information content (AvgIpc) is 3.26. The molecule has 5 unspecified atom stereocenters. The van der Waals surface area contributed by atoms with Gasteiger partial charge in [-0.2, -0.15) is 4.31 Å². The number of rotatable bonds is 9. The fourth-order valence-corrected chi connectivity index (χ4v) is 4.55. The van der Waals surface area contributed by atoms with Gasteiger partial charge in [0, 0.05) is 13.1 Å². The van der Waals surface area contributed by atoms with Gasteiger partial charge in [-0.1, -0.05) is 0 Å². The van der Waals surface area contributed by atoms with Gasteiger partial charge in [0.05, 0.1) is 12.9 Å². The minimum atomic E-state index is -5.37. The number of aliphatic hydroxyl groups is 1. The largest absolute Gasteiger partial charge is 0.481 e. The summed E-state index contributed by atoms with van der Waals surface area (Å²) in [4.78, 5) is 50.8. The molecule has 33 heavy (non-hydrogen) atoms. The molecule has 0 bridgehead atoms. The summed E-state index contributed by atoms with van der Waals surface area (Å²) < 4.78 is 42.9. The lowest BCUT2D eigenvalue weighted by Crippen LogP contribution is -2.42. The van der Waals surface area contributed by atoms with E-state index in [2.05, 4.69) is 29.1 Å². The Morgan fingerprint density at radius 1 is 1.27 bits per heavy atom. The van der Waals surface area contributed by atoms with E-state index in [0.29, 0.717) is 0 Å². The number of alkyl carbamates (subject to hydrolysis) is 1. The fraction of sp³-hybridized carbons (Fsp3) is 0.538. The third kappa shape index (κ3) is 6.21. The summed E-state index contributed by atoms with van der Waals surface area (Å²) in [6.07, 6.45) is -4.34. The molecule has 1 amide bonds. The Morgan fingerprint density at radius 3 is 2.67 bits per heavy atom. The first-order valence-electron chi connectivity index (χ1n) is 9.07. The molecule has 9 N–H and O–H groups in total. The Bertz CT molecular complexity index is 1090. The van der Waals surface area contributed by atoms with Crippen molar-refractivity contribution in [2.75, 3.05) is 25.4 Å². The monoisotopic (exact) mass is 513 g/mol. The predicted molar refractivity (Wildman–Crippen MR) is 106 cm³/mol. The van der Waals surface area contributed by atoms with Gasteiger partial charge in [-0.3, -0.25) is 9.09 Å². The zero-order chi connectivity index (χ0) is 24.4. The van der Waals surface area contributed by atoms with E-state index in [4.69, 9.17) is 30.7 Å². The van der Waals surface area contributed by atoms with Crippen LogP contribution < -0.4 is 16.8 Å². The molecular formula is C13H21N7O11P2. The number of aromatic nitrogens is 4. The molecule has 184 valence electrons. The molecule has 0 spiro atoms. The Balaban J connectivity index is 1.84. The normalized spacial score (nSPS) is 25.1. The van der Waals surface area contributed by atoms with Crippen LogP contribution in [-0.2, 0) is 27.4 Å². The van der Waals surface area contributed by atoms with E-state index in [0.717, 1.165) is 6.33 Å². The van der Waals surface area contributed by atoms with Crippen LogP contribution in [0.4, 0.5) is 10.6 Å². The van der Waals surface area contributed by atoms with Gasteiger partial charge in [-0.25, -0.2) is 28.9 Å². The van der Waals surface area contributed by atoms with Gasteiger partial charge < -0.3 is 46.0 Å². The van der Waals surface area contributed by atoms with Crippen LogP contribution in [0.25, 0.3) is 11.2 Å². The lowest BCUT2D eigenvalue weighted by molar-refractivity contribution is -0.0508. The maximum atomic E-state index is 12.0. The number of aliphatic hydroxyl groups excluding tert-OH is 1. The third-order valence-electron chi connectivity index (χ3n) is 4.24. The number of nitrogens with two attached hydrogens (primary N) is 2. The topological polar surface area (TPSA) is 277 Å². The van der Waals surface area contributed by atoms with E-state index in [9.17, 15) is 23.9 Å². The Hall–Kier alpha value is -2.24. The predicted octanol–water partition coefficient (Wildman–Crippen LogP) is -2.05. The maximum absolute atomic E-state index is 12.0. The van der Waals surface area contributed by atoms with E-state index in [-0.39, 0.29) is 30.1 Å². The van der Waals surface area contributed by atoms with Crippen molar-refractivity contribution in [1.82, 2.24) is 24.8 Å². The van der Waals surface area contributed by atoms with E-state index in [1.165, 1.54) is 10.9 Å². The Morgan fingerprint density at radius 2 is 2.00 bits per heavy atom. The zero-order valence-electron chi connectivity index (χ0n) is 16.6. The number of hydrogen-bond acceptors (Lipinski definition) is 13. The van der Waals surface area contributed by atoms with Gasteiger partial charge in [0.25, 0.3) is 0 Å². The number of carbonyl (C=O) groups is 1. The molecule has 3 rings (SSSR count). The van der Waals surface area contributed by atoms with Crippen LogP contribution in [-0.4, -0.2) is 83.4 Å². The second kappa shape index (κ2) is 9.94. The molecule has 3 heterocycles. The molecule has 1 aliphatic heterocycles. The number of nitrogens with zero attached hydrogens (tertiary/aromatic N) is 4. The zero-order valence-corrected chi connectivity index (χ0v) is 18.4. The van der Waals surface area contributed by atoms with E-state index in [1.54, 1.807) is 0 Å². The molecule has 0 aliphatic carbocycles. The Labute approximate surface area is 184 Å². The molecule has 0 saturated carbocycles. The van der Waals surface area contributed by atoms with Crippen LogP contribution >= 0.6 is 15.6 Å². The minimum Gasteiger partial charge on any atom is -0.440 e. The van der Waals surface area contributed by atoms with E-state index >= 15 is 0 Å². The second-order valence-electron chi connectivity index (χ2n) is 6.56. The van der Waals surface area contributed by atoms with Gasteiger partial charge in [-0.15, -0.1) is 0 Å². The van der Waals surface area contributed by atoms with Crippen LogP contribution in [0.5, 0.6) is 0 Å². The highest BCUT2D eigenvalue weighted by Gasteiger charge is 2.49. The van der Waals surface area contributed by atoms with Crippen molar-refractivity contribution in [3.63, 3.8) is 0 Å². The second-order valence-corrected chi connectivity index (χ2v) is 9.39. The molecule has 1 fully saturated rings.